The van der Waals surface area contributed by atoms with Gasteiger partial charge in [0.25, 0.3) is 0 Å². The first-order valence-electron chi connectivity index (χ1n) is 21.3. The minimum atomic E-state index is -2.02. The summed E-state index contributed by atoms with van der Waals surface area (Å²) in [4.78, 5) is 27.5. The fraction of sp³-hybridized carbons (Fsp3) is 0.556. The van der Waals surface area contributed by atoms with Gasteiger partial charge in [-0.3, -0.25) is 4.98 Å². The Morgan fingerprint density at radius 3 is 2.27 bits per heavy atom. The maximum atomic E-state index is 10.7. The minimum absolute atomic E-state index is 0.121. The quantitative estimate of drug-likeness (QED) is 0.0635. The zero-order valence-corrected chi connectivity index (χ0v) is 36.1. The smallest absolute Gasteiger partial charge is 0.183 e. The highest BCUT2D eigenvalue weighted by atomic mass is 16.6. The van der Waals surface area contributed by atoms with Gasteiger partial charge >= 0.3 is 0 Å². The van der Waals surface area contributed by atoms with Crippen LogP contribution in [0.5, 0.6) is 0 Å². The maximum Gasteiger partial charge on any atom is 0.183 e. The lowest BCUT2D eigenvalue weighted by Gasteiger charge is -2.49. The Hall–Kier alpha value is -4.96. The first-order chi connectivity index (χ1) is 28.4. The lowest BCUT2D eigenvalue weighted by Crippen LogP contribution is -2.63. The summed E-state index contributed by atoms with van der Waals surface area (Å²) >= 11 is 0. The van der Waals surface area contributed by atoms with Crippen molar-refractivity contribution in [1.82, 2.24) is 34.5 Å². The van der Waals surface area contributed by atoms with E-state index in [-0.39, 0.29) is 18.1 Å². The Balaban J connectivity index is 0.000000212. The van der Waals surface area contributed by atoms with Crippen LogP contribution in [0.15, 0.2) is 67.6 Å². The van der Waals surface area contributed by atoms with Crippen LogP contribution < -0.4 is 22.1 Å². The number of ether oxygens (including phenoxy) is 1. The molecular formula is C45H65N11O4. The number of hydrogen-bond donors (Lipinski definition) is 6. The molecule has 0 amide bonds. The number of aromatic nitrogens is 7. The lowest BCUT2D eigenvalue weighted by atomic mass is 9.89. The van der Waals surface area contributed by atoms with E-state index in [0.29, 0.717) is 41.3 Å². The van der Waals surface area contributed by atoms with Crippen molar-refractivity contribution in [2.24, 2.45) is 11.8 Å². The van der Waals surface area contributed by atoms with Gasteiger partial charge in [-0.15, -0.1) is 0 Å². The van der Waals surface area contributed by atoms with E-state index in [0.717, 1.165) is 54.7 Å². The summed E-state index contributed by atoms with van der Waals surface area (Å²) in [6.07, 6.45) is 19.7. The van der Waals surface area contributed by atoms with Crippen LogP contribution in [0.3, 0.4) is 0 Å². The van der Waals surface area contributed by atoms with Crippen molar-refractivity contribution >= 4 is 34.3 Å². The molecule has 15 heteroatoms. The fourth-order valence-electron chi connectivity index (χ4n) is 9.09. The van der Waals surface area contributed by atoms with Gasteiger partial charge in [0.1, 0.15) is 41.6 Å². The van der Waals surface area contributed by atoms with Gasteiger partial charge in [-0.2, -0.15) is 0 Å². The third kappa shape index (κ3) is 10.9. The molecule has 7 rings (SSSR count). The third-order valence-electron chi connectivity index (χ3n) is 12.6. The van der Waals surface area contributed by atoms with Gasteiger partial charge < -0.3 is 46.7 Å². The number of rotatable bonds is 15. The zero-order chi connectivity index (χ0) is 43.2. The molecule has 60 heavy (non-hydrogen) atoms. The molecule has 9 N–H and O–H groups in total. The molecule has 4 unspecified atom stereocenters. The molecule has 2 aliphatic rings. The molecule has 2 aliphatic carbocycles. The molecule has 15 nitrogen and oxygen atoms in total. The Bertz CT molecular complexity index is 2150. The predicted molar refractivity (Wildman–Crippen MR) is 235 cm³/mol. The normalized spacial score (nSPS) is 20.9. The van der Waals surface area contributed by atoms with Gasteiger partial charge in [-0.1, -0.05) is 12.5 Å². The van der Waals surface area contributed by atoms with E-state index in [1.54, 1.807) is 46.4 Å². The van der Waals surface area contributed by atoms with Gasteiger partial charge in [0.15, 0.2) is 11.6 Å². The van der Waals surface area contributed by atoms with Gasteiger partial charge in [0.2, 0.25) is 0 Å². The second-order valence-electron chi connectivity index (χ2n) is 17.9. The second kappa shape index (κ2) is 18.8. The summed E-state index contributed by atoms with van der Waals surface area (Å²) in [7, 11) is 0. The highest BCUT2D eigenvalue weighted by molar-refractivity contribution is 5.86. The predicted octanol–water partition coefficient (Wildman–Crippen LogP) is 6.32. The number of aliphatic hydroxyl groups is 3. The molecular weight excluding hydrogens is 759 g/mol. The lowest BCUT2D eigenvalue weighted by molar-refractivity contribution is -0.213. The van der Waals surface area contributed by atoms with Gasteiger partial charge in [0, 0.05) is 41.9 Å². The molecule has 324 valence electrons. The van der Waals surface area contributed by atoms with E-state index in [1.807, 2.05) is 42.2 Å². The first kappa shape index (κ1) is 44.6. The fourth-order valence-corrected chi connectivity index (χ4v) is 9.09. The number of nitrogens with zero attached hydrogens (tertiary/aromatic N) is 8. The van der Waals surface area contributed by atoms with Crippen molar-refractivity contribution in [1.29, 1.82) is 0 Å². The monoisotopic (exact) mass is 824 g/mol. The summed E-state index contributed by atoms with van der Waals surface area (Å²) in [6.45, 7) is 10.1. The van der Waals surface area contributed by atoms with E-state index < -0.39 is 17.1 Å². The van der Waals surface area contributed by atoms with E-state index in [9.17, 15) is 15.3 Å². The van der Waals surface area contributed by atoms with E-state index in [1.165, 1.54) is 50.9 Å². The van der Waals surface area contributed by atoms with Crippen molar-refractivity contribution in [3.05, 3.63) is 84.5 Å². The standard InChI is InChI=1S/C26H41N5O4.C19H24N6/c1-17-22(27)29-16-30-23(17)31(24(2,3)26(6,33)34)20-14-18(21(15-20)35-25(4,5)32)10-9-12-19-11-7-8-13-28-19;20-17-11-14(6-8-22-17)3-1-2-13-4-5-15(10-13)25-9-7-16-18(21)23-12-24-19(16)25/h7-8,11,13,16,18,20-21,32-34H,9-10,12,14-15H2,1-6H3,(H2,27,29,30);6-9,11-13,15H,1-5,10H2,(H2,20,22)(H2,21,23,24)/t18?,20?,21-;/m0./s1. The average Bonchev–Trinajstić information content (AvgIpc) is 3.93. The van der Waals surface area contributed by atoms with E-state index >= 15 is 0 Å². The van der Waals surface area contributed by atoms with Crippen LogP contribution in [0.4, 0.5) is 23.3 Å². The third-order valence-corrected chi connectivity index (χ3v) is 12.6. The molecule has 5 atom stereocenters. The number of anilines is 4. The van der Waals surface area contributed by atoms with Crippen molar-refractivity contribution in [3.8, 4) is 0 Å². The van der Waals surface area contributed by atoms with Crippen molar-refractivity contribution < 1.29 is 20.1 Å². The molecule has 0 bridgehead atoms. The number of fused-ring (bicyclic) bond motifs is 1. The molecule has 0 aromatic carbocycles. The Morgan fingerprint density at radius 2 is 1.55 bits per heavy atom. The van der Waals surface area contributed by atoms with Crippen LogP contribution in [0.1, 0.15) is 115 Å². The van der Waals surface area contributed by atoms with Crippen molar-refractivity contribution in [3.63, 3.8) is 0 Å². The Morgan fingerprint density at radius 1 is 0.800 bits per heavy atom. The molecule has 5 aromatic heterocycles. The maximum absolute atomic E-state index is 10.7. The minimum Gasteiger partial charge on any atom is -0.384 e. The largest absolute Gasteiger partial charge is 0.384 e. The summed E-state index contributed by atoms with van der Waals surface area (Å²) in [5.74, 6) is -0.272. The van der Waals surface area contributed by atoms with Gasteiger partial charge in [0.05, 0.1) is 17.0 Å². The molecule has 0 saturated heterocycles. The second-order valence-corrected chi connectivity index (χ2v) is 17.9. The molecule has 2 saturated carbocycles. The van der Waals surface area contributed by atoms with Crippen LogP contribution in [-0.4, -0.2) is 79.0 Å². The summed E-state index contributed by atoms with van der Waals surface area (Å²) in [5.41, 5.74) is 20.7. The molecule has 0 spiro atoms. The van der Waals surface area contributed by atoms with Crippen LogP contribution in [0, 0.1) is 18.8 Å². The Kier molecular flexibility index (Phi) is 13.9. The zero-order valence-electron chi connectivity index (χ0n) is 36.1. The number of aryl methyl sites for hydroxylation is 2. The molecule has 2 fully saturated rings. The Labute approximate surface area is 353 Å². The van der Waals surface area contributed by atoms with Gasteiger partial charge in [-0.25, -0.2) is 24.9 Å². The van der Waals surface area contributed by atoms with Crippen LogP contribution >= 0.6 is 0 Å². The highest BCUT2D eigenvalue weighted by Gasteiger charge is 2.50. The van der Waals surface area contributed by atoms with Crippen LogP contribution in [-0.2, 0) is 17.6 Å². The molecule has 5 aromatic rings. The van der Waals surface area contributed by atoms with E-state index in [4.69, 9.17) is 21.9 Å². The van der Waals surface area contributed by atoms with Crippen LogP contribution in [0.2, 0.25) is 0 Å². The first-order valence-corrected chi connectivity index (χ1v) is 21.3. The average molecular weight is 824 g/mol. The number of nitrogen functional groups attached to an aromatic ring is 3. The van der Waals surface area contributed by atoms with Crippen molar-refractivity contribution in [2.75, 3.05) is 22.1 Å². The topological polar surface area (TPSA) is 233 Å². The summed E-state index contributed by atoms with van der Waals surface area (Å²) < 4.78 is 8.40. The molecule has 5 heterocycles. The molecule has 0 aliphatic heterocycles. The van der Waals surface area contributed by atoms with Crippen molar-refractivity contribution in [2.45, 2.75) is 147 Å². The van der Waals surface area contributed by atoms with E-state index in [2.05, 4.69) is 46.7 Å². The molecule has 0 radical (unpaired) electrons. The SMILES string of the molecule is Cc1c(N)ncnc1N(C1CC(CCCc2ccccn2)[C@@H](OC(C)(C)O)C1)C(C)(C)C(C)(O)O.Nc1cc(CCCC2CCC(n3ccc4c(N)ncnc43)C2)ccn1. The summed E-state index contributed by atoms with van der Waals surface area (Å²) in [5, 5.41) is 32.9. The van der Waals surface area contributed by atoms with Crippen LogP contribution in [0.25, 0.3) is 11.0 Å². The highest BCUT2D eigenvalue weighted by Crippen LogP contribution is 2.44. The number of pyridine rings is 2. The van der Waals surface area contributed by atoms with Gasteiger partial charge in [-0.05, 0) is 153 Å². The number of hydrogen-bond acceptors (Lipinski definition) is 14. The number of nitrogens with two attached hydrogens (primary N) is 3. The summed E-state index contributed by atoms with van der Waals surface area (Å²) in [6, 6.07) is 12.4.